The van der Waals surface area contributed by atoms with E-state index in [4.69, 9.17) is 19.2 Å². The Morgan fingerprint density at radius 2 is 1.12 bits per heavy atom. The van der Waals surface area contributed by atoms with E-state index in [1.807, 2.05) is 0 Å². The molecule has 0 atom stereocenters. The Balaban J connectivity index is -0.0000000267. The SMILES string of the molecule is [K+].[Mg+2].[O-][Si]([O-])(O)O.[OH-]. The third-order valence-electron chi connectivity index (χ3n) is 0. The summed E-state index contributed by atoms with van der Waals surface area (Å²) in [6.45, 7) is 0. The molecule has 3 N–H and O–H groups in total. The van der Waals surface area contributed by atoms with Crippen LogP contribution in [0.4, 0.5) is 0 Å². The Bertz CT molecular complexity index is 27.9. The third kappa shape index (κ3) is 79.2. The Hall–Kier alpha value is 2.42. The fourth-order valence-electron chi connectivity index (χ4n) is 0. The van der Waals surface area contributed by atoms with Crippen molar-refractivity contribution in [1.29, 1.82) is 0 Å². The smallest absolute Gasteiger partial charge is 0.870 e. The van der Waals surface area contributed by atoms with Gasteiger partial charge in [0, 0.05) is 0 Å². The fourth-order valence-corrected chi connectivity index (χ4v) is 0. The van der Waals surface area contributed by atoms with E-state index in [0.29, 0.717) is 0 Å². The second kappa shape index (κ2) is 9.42. The summed E-state index contributed by atoms with van der Waals surface area (Å²) < 4.78 is 0. The molecule has 0 aromatic carbocycles. The van der Waals surface area contributed by atoms with E-state index in [2.05, 4.69) is 0 Å². The molecule has 0 heterocycles. The number of rotatable bonds is 0. The largest absolute Gasteiger partial charge is 2.00 e. The van der Waals surface area contributed by atoms with Gasteiger partial charge in [-0.2, -0.15) is 0 Å². The van der Waals surface area contributed by atoms with Gasteiger partial charge in [-0.25, -0.2) is 0 Å². The molecule has 40 valence electrons. The summed E-state index contributed by atoms with van der Waals surface area (Å²) in [5.41, 5.74) is 0. The maximum atomic E-state index is 8.80. The van der Waals surface area contributed by atoms with Crippen molar-refractivity contribution in [2.45, 2.75) is 0 Å². The van der Waals surface area contributed by atoms with Crippen molar-refractivity contribution in [2.24, 2.45) is 0 Å². The monoisotopic (exact) mass is 174 g/mol. The van der Waals surface area contributed by atoms with Gasteiger partial charge in [0.25, 0.3) is 0 Å². The minimum Gasteiger partial charge on any atom is -0.870 e. The summed E-state index contributed by atoms with van der Waals surface area (Å²) in [6, 6.07) is 0. The van der Waals surface area contributed by atoms with Crippen LogP contribution >= 0.6 is 0 Å². The first-order valence-corrected chi connectivity index (χ1v) is 2.57. The van der Waals surface area contributed by atoms with Crippen molar-refractivity contribution in [3.8, 4) is 0 Å². The van der Waals surface area contributed by atoms with Crippen LogP contribution in [-0.4, -0.2) is 47.2 Å². The zero-order chi connectivity index (χ0) is 4.50. The van der Waals surface area contributed by atoms with Crippen LogP contribution in [0.1, 0.15) is 0 Å². The molecule has 0 aromatic heterocycles. The van der Waals surface area contributed by atoms with Gasteiger partial charge in [-0.1, -0.05) is 0 Å². The van der Waals surface area contributed by atoms with E-state index < -0.39 is 9.05 Å². The fraction of sp³-hybridized carbons (Fsp3) is 0. The quantitative estimate of drug-likeness (QED) is 0.354. The van der Waals surface area contributed by atoms with Crippen molar-refractivity contribution < 1.29 is 76.0 Å². The molecule has 5 nitrogen and oxygen atoms in total. The van der Waals surface area contributed by atoms with E-state index in [-0.39, 0.29) is 79.9 Å². The van der Waals surface area contributed by atoms with Crippen LogP contribution in [0, 0.1) is 0 Å². The number of hydrogen-bond acceptors (Lipinski definition) is 5. The van der Waals surface area contributed by atoms with Crippen molar-refractivity contribution in [2.75, 3.05) is 0 Å². The second-order valence-electron chi connectivity index (χ2n) is 0.548. The number of hydrogen-bond donors (Lipinski definition) is 2. The maximum absolute atomic E-state index is 8.80. The van der Waals surface area contributed by atoms with Gasteiger partial charge in [-0.15, -0.1) is 0 Å². The summed E-state index contributed by atoms with van der Waals surface area (Å²) in [5.74, 6) is 0. The van der Waals surface area contributed by atoms with Crippen LogP contribution in [0.3, 0.4) is 0 Å². The van der Waals surface area contributed by atoms with Gasteiger partial charge in [0.1, 0.15) is 9.05 Å². The molecule has 0 aliphatic carbocycles. The minimum absolute atomic E-state index is 0. The summed E-state index contributed by atoms with van der Waals surface area (Å²) in [5, 5.41) is 0. The molecule has 0 saturated heterocycles. The maximum Gasteiger partial charge on any atom is 2.00 e. The average Bonchev–Trinajstić information content (AvgIpc) is 0.722. The van der Waals surface area contributed by atoms with Crippen molar-refractivity contribution in [3.63, 3.8) is 0 Å². The average molecular weight is 175 g/mol. The first kappa shape index (κ1) is 22.4. The van der Waals surface area contributed by atoms with Gasteiger partial charge >= 0.3 is 74.4 Å². The van der Waals surface area contributed by atoms with Crippen LogP contribution in [0.2, 0.25) is 0 Å². The van der Waals surface area contributed by atoms with Crippen LogP contribution in [0.25, 0.3) is 0 Å². The molecule has 0 amide bonds. The Morgan fingerprint density at radius 1 is 1.12 bits per heavy atom. The second-order valence-corrected chi connectivity index (χ2v) is 1.65. The first-order valence-electron chi connectivity index (χ1n) is 0.855. The van der Waals surface area contributed by atoms with E-state index in [0.717, 1.165) is 0 Å². The molecule has 0 radical (unpaired) electrons. The third-order valence-corrected chi connectivity index (χ3v) is 0. The van der Waals surface area contributed by atoms with Crippen LogP contribution in [-0.2, 0) is 0 Å². The molecule has 0 rings (SSSR count). The Labute approximate surface area is 106 Å². The summed E-state index contributed by atoms with van der Waals surface area (Å²) in [4.78, 5) is 31.8. The Morgan fingerprint density at radius 3 is 1.12 bits per heavy atom. The predicted molar refractivity (Wildman–Crippen MR) is 17.9 cm³/mol. The molecule has 8 heavy (non-hydrogen) atoms. The van der Waals surface area contributed by atoms with E-state index in [1.165, 1.54) is 0 Å². The molecule has 0 aromatic rings. The molecule has 8 heteroatoms. The van der Waals surface area contributed by atoms with Gasteiger partial charge in [0.2, 0.25) is 0 Å². The molecule has 0 spiro atoms. The normalized spacial score (nSPS) is 7.50. The van der Waals surface area contributed by atoms with Gasteiger partial charge in [0.05, 0.1) is 0 Å². The molecule has 0 aliphatic rings. The van der Waals surface area contributed by atoms with Gasteiger partial charge < -0.3 is 24.7 Å². The summed E-state index contributed by atoms with van der Waals surface area (Å²) >= 11 is 0. The minimum atomic E-state index is -5.11. The topological polar surface area (TPSA) is 117 Å². The van der Waals surface area contributed by atoms with Crippen molar-refractivity contribution in [3.05, 3.63) is 0 Å². The van der Waals surface area contributed by atoms with Crippen LogP contribution in [0.15, 0.2) is 0 Å². The molecule has 0 fully saturated rings. The Kier molecular flexibility index (Phi) is 26.4. The summed E-state index contributed by atoms with van der Waals surface area (Å²) in [6.07, 6.45) is 0. The molecule has 0 bridgehead atoms. The molecular formula is H3KMgO5Si. The molecule has 0 unspecified atom stereocenters. The molecule has 0 aliphatic heterocycles. The van der Waals surface area contributed by atoms with Crippen molar-refractivity contribution >= 4 is 32.1 Å². The van der Waals surface area contributed by atoms with E-state index in [1.54, 1.807) is 0 Å². The van der Waals surface area contributed by atoms with Crippen LogP contribution in [0.5, 0.6) is 0 Å². The predicted octanol–water partition coefficient (Wildman–Crippen LogP) is -7.43. The first-order chi connectivity index (χ1) is 2.00. The van der Waals surface area contributed by atoms with E-state index in [9.17, 15) is 0 Å². The molecule has 0 saturated carbocycles. The zero-order valence-corrected chi connectivity index (χ0v) is 9.90. The summed E-state index contributed by atoms with van der Waals surface area (Å²) in [7, 11) is -5.11. The standard InChI is InChI=1S/K.Mg.H2O4Si.H2O/c;;1-5(2,3)4;/h;;1-2H;1H2/q+1;+2;-2;/p-1. The molecular weight excluding hydrogens is 171 g/mol. The zero-order valence-electron chi connectivity index (χ0n) is 4.37. The van der Waals surface area contributed by atoms with E-state index >= 15 is 0 Å². The van der Waals surface area contributed by atoms with Gasteiger partial charge in [-0.05, 0) is 0 Å². The van der Waals surface area contributed by atoms with Gasteiger partial charge in [0.15, 0.2) is 0 Å². The van der Waals surface area contributed by atoms with Crippen LogP contribution < -0.4 is 61.0 Å². The van der Waals surface area contributed by atoms with Crippen molar-refractivity contribution in [1.82, 2.24) is 0 Å². The van der Waals surface area contributed by atoms with Gasteiger partial charge in [-0.3, -0.25) is 0 Å².